The van der Waals surface area contributed by atoms with Crippen LogP contribution in [0.15, 0.2) is 0 Å². The average molecular weight is 144 g/mol. The van der Waals surface area contributed by atoms with Gasteiger partial charge in [-0.05, 0) is 13.8 Å². The van der Waals surface area contributed by atoms with Crippen molar-refractivity contribution in [2.24, 2.45) is 0 Å². The van der Waals surface area contributed by atoms with Crippen LogP contribution in [0.1, 0.15) is 13.8 Å². The van der Waals surface area contributed by atoms with Crippen molar-refractivity contribution in [3.8, 4) is 0 Å². The molecule has 0 rings (SSSR count). The fourth-order valence-electron chi connectivity index (χ4n) is 0.390. The van der Waals surface area contributed by atoms with Crippen LogP contribution in [0.3, 0.4) is 0 Å². The highest BCUT2D eigenvalue weighted by Gasteiger charge is 2.20. The minimum absolute atomic E-state index is 0.179. The Balaban J connectivity index is 3.82. The molecule has 0 saturated carbocycles. The van der Waals surface area contributed by atoms with E-state index < -0.39 is 11.9 Å². The molecule has 0 bridgehead atoms. The first kappa shape index (κ1) is 8.94. The zero-order valence-electron chi connectivity index (χ0n) is 5.97. The molecule has 4 heteroatoms. The summed E-state index contributed by atoms with van der Waals surface area (Å²) in [6.45, 7) is 3.45. The van der Waals surface area contributed by atoms with Gasteiger partial charge in [-0.25, -0.2) is 0 Å². The summed E-state index contributed by atoms with van der Waals surface area (Å²) in [6.07, 6.45) is 0. The molecule has 1 amide bonds. The lowest BCUT2D eigenvalue weighted by Crippen LogP contribution is -2.31. The van der Waals surface area contributed by atoms with E-state index in [0.29, 0.717) is 6.54 Å². The summed E-state index contributed by atoms with van der Waals surface area (Å²) < 4.78 is 0. The van der Waals surface area contributed by atoms with Gasteiger partial charge in [0.15, 0.2) is 5.92 Å². The van der Waals surface area contributed by atoms with Crippen LogP contribution < -0.4 is 5.32 Å². The number of amides is 1. The van der Waals surface area contributed by atoms with Crippen LogP contribution in [0.4, 0.5) is 0 Å². The summed E-state index contributed by atoms with van der Waals surface area (Å²) in [6, 6.07) is 0. The quantitative estimate of drug-likeness (QED) is 0.539. The highest BCUT2D eigenvalue weighted by atomic mass is 16.4. The van der Waals surface area contributed by atoms with Crippen molar-refractivity contribution in [1.82, 2.24) is 5.32 Å². The molecule has 0 aliphatic rings. The van der Waals surface area contributed by atoms with Crippen molar-refractivity contribution in [3.63, 3.8) is 0 Å². The lowest BCUT2D eigenvalue weighted by Gasteiger charge is -2.03. The highest BCUT2D eigenvalue weighted by molar-refractivity contribution is 6.10. The Hall–Kier alpha value is -1.06. The fourth-order valence-corrected chi connectivity index (χ4v) is 0.390. The number of nitrogens with one attached hydrogen (secondary N) is 1. The third kappa shape index (κ3) is 2.48. The van der Waals surface area contributed by atoms with Gasteiger partial charge in [-0.15, -0.1) is 0 Å². The molecule has 0 aliphatic carbocycles. The fraction of sp³-hybridized carbons (Fsp3) is 0.500. The summed E-state index contributed by atoms with van der Waals surface area (Å²) in [5.41, 5.74) is 0. The molecule has 0 unspecified atom stereocenters. The molecule has 57 valence electrons. The third-order valence-corrected chi connectivity index (χ3v) is 0.999. The first-order valence-electron chi connectivity index (χ1n) is 2.94. The van der Waals surface area contributed by atoms with Crippen molar-refractivity contribution < 1.29 is 14.7 Å². The van der Waals surface area contributed by atoms with E-state index in [1.54, 1.807) is 6.92 Å². The zero-order chi connectivity index (χ0) is 8.15. The van der Waals surface area contributed by atoms with Crippen molar-refractivity contribution in [2.45, 2.75) is 13.8 Å². The molecule has 4 nitrogen and oxygen atoms in total. The molecule has 0 aliphatic heterocycles. The molecule has 10 heavy (non-hydrogen) atoms. The van der Waals surface area contributed by atoms with E-state index in [1.807, 2.05) is 0 Å². The molecule has 0 saturated heterocycles. The normalized spacial score (nSPS) is 9.50. The summed E-state index contributed by atoms with van der Waals surface area (Å²) in [5, 5.41) is 10.7. The van der Waals surface area contributed by atoms with E-state index in [4.69, 9.17) is 5.11 Å². The molecule has 0 heterocycles. The second-order valence-corrected chi connectivity index (χ2v) is 1.79. The maximum atomic E-state index is 10.7. The summed E-state index contributed by atoms with van der Waals surface area (Å²) in [7, 11) is 0. The molecule has 1 radical (unpaired) electrons. The summed E-state index contributed by atoms with van der Waals surface area (Å²) >= 11 is 0. The number of hydrogen-bond acceptors (Lipinski definition) is 2. The maximum Gasteiger partial charge on any atom is 0.320 e. The summed E-state index contributed by atoms with van der Waals surface area (Å²) in [5.74, 6) is -1.87. The number of carboxylic acid groups (broad SMARTS) is 1. The van der Waals surface area contributed by atoms with Crippen LogP contribution in [0.5, 0.6) is 0 Å². The molecule has 0 spiro atoms. The topological polar surface area (TPSA) is 66.4 Å². The largest absolute Gasteiger partial charge is 0.480 e. The second-order valence-electron chi connectivity index (χ2n) is 1.79. The first-order chi connectivity index (χ1) is 4.59. The number of carboxylic acids is 1. The lowest BCUT2D eigenvalue weighted by molar-refractivity contribution is -0.137. The molecule has 0 aromatic carbocycles. The molecule has 0 aromatic rings. The third-order valence-electron chi connectivity index (χ3n) is 0.999. The Morgan fingerprint density at radius 1 is 1.50 bits per heavy atom. The molecule has 0 aromatic heterocycles. The smallest absolute Gasteiger partial charge is 0.320 e. The van der Waals surface area contributed by atoms with Crippen molar-refractivity contribution >= 4 is 11.9 Å². The van der Waals surface area contributed by atoms with Gasteiger partial charge < -0.3 is 10.4 Å². The van der Waals surface area contributed by atoms with Gasteiger partial charge in [0.2, 0.25) is 5.91 Å². The second kappa shape index (κ2) is 3.87. The van der Waals surface area contributed by atoms with Crippen molar-refractivity contribution in [1.29, 1.82) is 0 Å². The number of hydrogen-bond donors (Lipinski definition) is 2. The zero-order valence-corrected chi connectivity index (χ0v) is 5.97. The van der Waals surface area contributed by atoms with Crippen LogP contribution >= 0.6 is 0 Å². The lowest BCUT2D eigenvalue weighted by atomic mass is 10.2. The van der Waals surface area contributed by atoms with Gasteiger partial charge in [0, 0.05) is 6.54 Å². The summed E-state index contributed by atoms with van der Waals surface area (Å²) in [4.78, 5) is 20.8. The van der Waals surface area contributed by atoms with Gasteiger partial charge >= 0.3 is 5.97 Å². The minimum atomic E-state index is -1.18. The number of rotatable bonds is 3. The van der Waals surface area contributed by atoms with Gasteiger partial charge in [-0.3, -0.25) is 9.59 Å². The van der Waals surface area contributed by atoms with E-state index in [9.17, 15) is 9.59 Å². The molecule has 2 N–H and O–H groups in total. The highest BCUT2D eigenvalue weighted by Crippen LogP contribution is 1.95. The van der Waals surface area contributed by atoms with Gasteiger partial charge in [-0.1, -0.05) is 0 Å². The standard InChI is InChI=1S/C6H10NO3/c1-3-7-5(8)4(2)6(9)10/h3H2,1-2H3,(H,7,8)(H,9,10). The predicted molar refractivity (Wildman–Crippen MR) is 35.2 cm³/mol. The van der Waals surface area contributed by atoms with Crippen LogP contribution in [-0.4, -0.2) is 23.5 Å². The van der Waals surface area contributed by atoms with Crippen LogP contribution in [0.25, 0.3) is 0 Å². The van der Waals surface area contributed by atoms with Crippen LogP contribution in [-0.2, 0) is 9.59 Å². The van der Waals surface area contributed by atoms with E-state index in [0.717, 1.165) is 0 Å². The van der Waals surface area contributed by atoms with Crippen molar-refractivity contribution in [3.05, 3.63) is 5.92 Å². The van der Waals surface area contributed by atoms with Crippen LogP contribution in [0, 0.1) is 5.92 Å². The van der Waals surface area contributed by atoms with E-state index in [-0.39, 0.29) is 5.92 Å². The molecule has 0 atom stereocenters. The number of carbonyl (C=O) groups is 2. The first-order valence-corrected chi connectivity index (χ1v) is 2.94. The minimum Gasteiger partial charge on any atom is -0.480 e. The maximum absolute atomic E-state index is 10.7. The van der Waals surface area contributed by atoms with Crippen LogP contribution in [0.2, 0.25) is 0 Å². The van der Waals surface area contributed by atoms with Gasteiger partial charge in [0.1, 0.15) is 0 Å². The monoisotopic (exact) mass is 144 g/mol. The average Bonchev–Trinajstić information content (AvgIpc) is 1.87. The predicted octanol–water partition coefficient (Wildman–Crippen LogP) is -0.199. The molecular formula is C6H10NO3. The Morgan fingerprint density at radius 3 is 2.30 bits per heavy atom. The number of carbonyl (C=O) groups excluding carboxylic acids is 1. The molecular weight excluding hydrogens is 134 g/mol. The van der Waals surface area contributed by atoms with Gasteiger partial charge in [0.25, 0.3) is 0 Å². The molecule has 0 fully saturated rings. The van der Waals surface area contributed by atoms with Crippen molar-refractivity contribution in [2.75, 3.05) is 6.54 Å². The number of aliphatic carboxylic acids is 1. The Kier molecular flexibility index (Phi) is 3.46. The van der Waals surface area contributed by atoms with E-state index in [2.05, 4.69) is 5.32 Å². The van der Waals surface area contributed by atoms with Gasteiger partial charge in [0.05, 0.1) is 0 Å². The Bertz CT molecular complexity index is 144. The van der Waals surface area contributed by atoms with E-state index >= 15 is 0 Å². The Morgan fingerprint density at radius 2 is 2.00 bits per heavy atom. The van der Waals surface area contributed by atoms with E-state index in [1.165, 1.54) is 6.92 Å². The van der Waals surface area contributed by atoms with Gasteiger partial charge in [-0.2, -0.15) is 0 Å². The Labute approximate surface area is 59.2 Å². The SMILES string of the molecule is CCNC(=O)[C](C)C(=O)O.